The maximum absolute atomic E-state index is 13.1. The number of rotatable bonds is 15. The van der Waals surface area contributed by atoms with Crippen LogP contribution in [0.5, 0.6) is 5.88 Å². The predicted molar refractivity (Wildman–Crippen MR) is 142 cm³/mol. The summed E-state index contributed by atoms with van der Waals surface area (Å²) in [7, 11) is 0. The molecule has 0 amide bonds. The van der Waals surface area contributed by atoms with Gasteiger partial charge in [0.25, 0.3) is 0 Å². The topological polar surface area (TPSA) is 125 Å². The molecule has 10 nitrogen and oxygen atoms in total. The average molecular weight is 524 g/mol. The van der Waals surface area contributed by atoms with E-state index in [1.165, 1.54) is 5.56 Å². The third-order valence-corrected chi connectivity index (χ3v) is 6.36. The number of nitrogens with zero attached hydrogens (tertiary/aromatic N) is 5. The number of aliphatic carboxylic acids is 1. The van der Waals surface area contributed by atoms with Crippen LogP contribution in [0.2, 0.25) is 0 Å². The normalized spacial score (nSPS) is 13.4. The molecule has 0 radical (unpaired) electrons. The third kappa shape index (κ3) is 8.62. The lowest BCUT2D eigenvalue weighted by atomic mass is 10.1. The summed E-state index contributed by atoms with van der Waals surface area (Å²) >= 11 is 0. The molecule has 0 aliphatic carbocycles. The number of carbonyl (C=O) groups is 1. The van der Waals surface area contributed by atoms with Crippen molar-refractivity contribution in [2.45, 2.75) is 44.6 Å². The summed E-state index contributed by atoms with van der Waals surface area (Å²) in [6, 6.07) is 8.88. The molecule has 0 fully saturated rings. The van der Waals surface area contributed by atoms with Gasteiger partial charge in [-0.25, -0.2) is 29.1 Å². The van der Waals surface area contributed by atoms with Gasteiger partial charge < -0.3 is 20.5 Å². The quantitative estimate of drug-likeness (QED) is 0.255. The fourth-order valence-electron chi connectivity index (χ4n) is 4.31. The molecule has 0 bridgehead atoms. The number of anilines is 2. The van der Waals surface area contributed by atoms with Gasteiger partial charge in [0, 0.05) is 37.6 Å². The zero-order chi connectivity index (χ0) is 26.6. The molecule has 4 heterocycles. The van der Waals surface area contributed by atoms with Crippen LogP contribution in [0.15, 0.2) is 48.9 Å². The van der Waals surface area contributed by atoms with Crippen molar-refractivity contribution in [3.8, 4) is 5.88 Å². The smallest absolute Gasteiger partial charge is 0.326 e. The second kappa shape index (κ2) is 14.2. The van der Waals surface area contributed by atoms with Gasteiger partial charge in [-0.05, 0) is 62.8 Å². The molecule has 0 aromatic carbocycles. The Morgan fingerprint density at radius 1 is 1.13 bits per heavy atom. The van der Waals surface area contributed by atoms with Gasteiger partial charge in [-0.2, -0.15) is 0 Å². The fraction of sp³-hybridized carbons (Fsp3) is 0.444. The highest BCUT2D eigenvalue weighted by Gasteiger charge is 2.20. The van der Waals surface area contributed by atoms with Crippen molar-refractivity contribution in [2.24, 2.45) is 0 Å². The van der Waals surface area contributed by atoms with Crippen molar-refractivity contribution in [1.29, 1.82) is 0 Å². The summed E-state index contributed by atoms with van der Waals surface area (Å²) in [4.78, 5) is 30.6. The van der Waals surface area contributed by atoms with E-state index in [2.05, 4.69) is 42.6 Å². The summed E-state index contributed by atoms with van der Waals surface area (Å²) in [6.45, 7) is 3.34. The Bertz CT molecular complexity index is 1150. The standard InChI is InChI=1S/C27H34FN7O3/c28-21-18-31-27(32-19-21)34-23(26(36)37)11-15-35(16-17-38-24-8-1-3-12-29-24)14-4-2-7-22-10-9-20-6-5-13-30-25(20)33-22/h1,3,8-10,12,18-19,23H,2,4-7,11,13-17H2,(H,30,33)(H,36,37)(H,31,32,34)/t23-/m0/s1. The molecule has 0 spiro atoms. The number of ether oxygens (including phenoxy) is 1. The highest BCUT2D eigenvalue weighted by molar-refractivity contribution is 5.76. The van der Waals surface area contributed by atoms with Crippen LogP contribution in [0.1, 0.15) is 36.9 Å². The Balaban J connectivity index is 1.29. The van der Waals surface area contributed by atoms with Gasteiger partial charge in [0.05, 0.1) is 12.4 Å². The molecule has 1 aliphatic rings. The van der Waals surface area contributed by atoms with Gasteiger partial charge >= 0.3 is 5.97 Å². The van der Waals surface area contributed by atoms with Crippen molar-refractivity contribution in [2.75, 3.05) is 43.4 Å². The van der Waals surface area contributed by atoms with Crippen LogP contribution < -0.4 is 15.4 Å². The van der Waals surface area contributed by atoms with E-state index in [1.54, 1.807) is 12.3 Å². The molecule has 3 aromatic rings. The highest BCUT2D eigenvalue weighted by Crippen LogP contribution is 2.20. The van der Waals surface area contributed by atoms with E-state index in [1.807, 2.05) is 12.1 Å². The van der Waals surface area contributed by atoms with Crippen LogP contribution in [0.3, 0.4) is 0 Å². The van der Waals surface area contributed by atoms with E-state index in [0.29, 0.717) is 32.0 Å². The minimum Gasteiger partial charge on any atom is -0.480 e. The first-order chi connectivity index (χ1) is 18.6. The van der Waals surface area contributed by atoms with Gasteiger partial charge in [0.15, 0.2) is 5.82 Å². The minimum atomic E-state index is -1.02. The van der Waals surface area contributed by atoms with E-state index >= 15 is 0 Å². The lowest BCUT2D eigenvalue weighted by Crippen LogP contribution is -2.37. The molecular formula is C27H34FN7O3. The van der Waals surface area contributed by atoms with Crippen molar-refractivity contribution in [3.63, 3.8) is 0 Å². The second-order valence-electron chi connectivity index (χ2n) is 9.20. The number of unbranched alkanes of at least 4 members (excludes halogenated alkanes) is 1. The summed E-state index contributed by atoms with van der Waals surface area (Å²) in [5.74, 6) is 0.0476. The summed E-state index contributed by atoms with van der Waals surface area (Å²) in [5, 5.41) is 15.9. The SMILES string of the molecule is O=C(O)[C@H](CCN(CCCCc1ccc2c(n1)NCCC2)CCOc1ccccn1)Nc1ncc(F)cn1. The van der Waals surface area contributed by atoms with E-state index in [9.17, 15) is 14.3 Å². The average Bonchev–Trinajstić information content (AvgIpc) is 2.94. The van der Waals surface area contributed by atoms with Gasteiger partial charge in [0.2, 0.25) is 11.8 Å². The van der Waals surface area contributed by atoms with Crippen LogP contribution in [0.25, 0.3) is 0 Å². The van der Waals surface area contributed by atoms with Crippen molar-refractivity contribution in [3.05, 3.63) is 66.0 Å². The fourth-order valence-corrected chi connectivity index (χ4v) is 4.31. The van der Waals surface area contributed by atoms with E-state index in [0.717, 1.165) is 69.1 Å². The highest BCUT2D eigenvalue weighted by atomic mass is 19.1. The first-order valence-corrected chi connectivity index (χ1v) is 13.0. The molecule has 0 saturated carbocycles. The van der Waals surface area contributed by atoms with Crippen LogP contribution in [-0.2, 0) is 17.6 Å². The lowest BCUT2D eigenvalue weighted by molar-refractivity contribution is -0.138. The number of aromatic nitrogens is 4. The molecule has 0 unspecified atom stereocenters. The minimum absolute atomic E-state index is 0.0795. The molecule has 4 rings (SSSR count). The van der Waals surface area contributed by atoms with E-state index in [-0.39, 0.29) is 5.95 Å². The molecule has 1 atom stereocenters. The predicted octanol–water partition coefficient (Wildman–Crippen LogP) is 3.42. The number of aryl methyl sites for hydroxylation is 2. The second-order valence-corrected chi connectivity index (χ2v) is 9.20. The van der Waals surface area contributed by atoms with Gasteiger partial charge in [-0.1, -0.05) is 12.1 Å². The van der Waals surface area contributed by atoms with Crippen molar-refractivity contribution < 1.29 is 19.0 Å². The number of fused-ring (bicyclic) bond motifs is 1. The Kier molecular flexibility index (Phi) is 10.1. The lowest BCUT2D eigenvalue weighted by Gasteiger charge is -2.24. The molecule has 3 N–H and O–H groups in total. The molecule has 0 saturated heterocycles. The summed E-state index contributed by atoms with van der Waals surface area (Å²) < 4.78 is 18.9. The number of hydrogen-bond acceptors (Lipinski definition) is 9. The van der Waals surface area contributed by atoms with Crippen LogP contribution in [0.4, 0.5) is 16.2 Å². The van der Waals surface area contributed by atoms with Gasteiger partial charge in [0.1, 0.15) is 18.5 Å². The van der Waals surface area contributed by atoms with Crippen molar-refractivity contribution in [1.82, 2.24) is 24.8 Å². The summed E-state index contributed by atoms with van der Waals surface area (Å²) in [5.41, 5.74) is 2.37. The number of nitrogens with one attached hydrogen (secondary N) is 2. The maximum atomic E-state index is 13.1. The zero-order valence-electron chi connectivity index (χ0n) is 21.4. The van der Waals surface area contributed by atoms with Crippen molar-refractivity contribution >= 4 is 17.7 Å². The van der Waals surface area contributed by atoms with Gasteiger partial charge in [-0.3, -0.25) is 4.90 Å². The monoisotopic (exact) mass is 523 g/mol. The zero-order valence-corrected chi connectivity index (χ0v) is 21.4. The summed E-state index contributed by atoms with van der Waals surface area (Å²) in [6.07, 6.45) is 9.00. The Hall–Kier alpha value is -3.86. The Labute approximate surface area is 221 Å². The molecule has 1 aliphatic heterocycles. The Morgan fingerprint density at radius 3 is 2.79 bits per heavy atom. The van der Waals surface area contributed by atoms with Crippen LogP contribution >= 0.6 is 0 Å². The van der Waals surface area contributed by atoms with Crippen LogP contribution in [-0.4, -0.2) is 74.7 Å². The molecule has 202 valence electrons. The van der Waals surface area contributed by atoms with Gasteiger partial charge in [-0.15, -0.1) is 0 Å². The maximum Gasteiger partial charge on any atom is 0.326 e. The first kappa shape index (κ1) is 27.2. The number of pyridine rings is 2. The van der Waals surface area contributed by atoms with E-state index in [4.69, 9.17) is 9.72 Å². The van der Waals surface area contributed by atoms with E-state index < -0.39 is 17.8 Å². The number of hydrogen-bond donors (Lipinski definition) is 3. The first-order valence-electron chi connectivity index (χ1n) is 13.0. The number of carboxylic acids is 1. The molecule has 38 heavy (non-hydrogen) atoms. The third-order valence-electron chi connectivity index (χ3n) is 6.36. The van der Waals surface area contributed by atoms with Crippen LogP contribution in [0, 0.1) is 5.82 Å². The largest absolute Gasteiger partial charge is 0.480 e. The molecular weight excluding hydrogens is 489 g/mol. The number of halogens is 1. The number of carboxylic acid groups (broad SMARTS) is 1. The Morgan fingerprint density at radius 2 is 2.00 bits per heavy atom. The molecule has 11 heteroatoms. The molecule has 3 aromatic heterocycles.